The molecular weight excluding hydrogens is 194 g/mol. The zero-order chi connectivity index (χ0) is 10.3. The smallest absolute Gasteiger partial charge is 0.0646 e. The van der Waals surface area contributed by atoms with Crippen molar-refractivity contribution >= 4 is 23.4 Å². The van der Waals surface area contributed by atoms with Crippen LogP contribution in [0.15, 0.2) is 18.2 Å². The molecule has 1 aliphatic rings. The number of halogens is 1. The molecule has 1 nitrogen and oxygen atoms in total. The first kappa shape index (κ1) is 9.60. The van der Waals surface area contributed by atoms with Gasteiger partial charge in [-0.05, 0) is 44.0 Å². The van der Waals surface area contributed by atoms with Gasteiger partial charge in [0.15, 0.2) is 0 Å². The van der Waals surface area contributed by atoms with E-state index in [1.807, 2.05) is 6.07 Å². The zero-order valence-electron chi connectivity index (χ0n) is 8.69. The number of hydrogen-bond acceptors (Lipinski definition) is 1. The van der Waals surface area contributed by atoms with Crippen molar-refractivity contribution in [2.75, 3.05) is 5.32 Å². The number of fused-ring (bicyclic) bond motifs is 1. The van der Waals surface area contributed by atoms with Crippen LogP contribution in [0.5, 0.6) is 0 Å². The van der Waals surface area contributed by atoms with Crippen molar-refractivity contribution in [2.24, 2.45) is 0 Å². The minimum absolute atomic E-state index is 0.00804. The Balaban J connectivity index is 2.56. The Kier molecular flexibility index (Phi) is 2.07. The third kappa shape index (κ3) is 1.64. The maximum Gasteiger partial charge on any atom is 0.0646 e. The van der Waals surface area contributed by atoms with E-state index in [1.165, 1.54) is 11.1 Å². The Hall–Kier alpha value is -0.950. The zero-order valence-corrected chi connectivity index (χ0v) is 9.44. The van der Waals surface area contributed by atoms with E-state index < -0.39 is 0 Å². The van der Waals surface area contributed by atoms with Crippen LogP contribution in [0.25, 0.3) is 6.08 Å². The monoisotopic (exact) mass is 207 g/mol. The van der Waals surface area contributed by atoms with Crippen molar-refractivity contribution in [1.82, 2.24) is 0 Å². The van der Waals surface area contributed by atoms with Crippen LogP contribution in [0.3, 0.4) is 0 Å². The minimum atomic E-state index is -0.00804. The predicted octanol–water partition coefficient (Wildman–Crippen LogP) is 3.87. The van der Waals surface area contributed by atoms with E-state index in [4.69, 9.17) is 11.6 Å². The first-order chi connectivity index (χ1) is 6.48. The molecule has 1 N–H and O–H groups in total. The highest BCUT2D eigenvalue weighted by Gasteiger charge is 2.20. The Morgan fingerprint density at radius 1 is 1.29 bits per heavy atom. The SMILES string of the molecule is Cc1cc(Cl)c2c(c1)C=CC(C)(C)N2. The van der Waals surface area contributed by atoms with Gasteiger partial charge in [-0.2, -0.15) is 0 Å². The van der Waals surface area contributed by atoms with Crippen LogP contribution >= 0.6 is 11.6 Å². The summed E-state index contributed by atoms with van der Waals surface area (Å²) in [6, 6.07) is 4.13. The van der Waals surface area contributed by atoms with Crippen molar-refractivity contribution in [3.05, 3.63) is 34.4 Å². The second-order valence-electron chi connectivity index (χ2n) is 4.39. The Bertz CT molecular complexity index is 405. The summed E-state index contributed by atoms with van der Waals surface area (Å²) in [7, 11) is 0. The van der Waals surface area contributed by atoms with Gasteiger partial charge in [0.25, 0.3) is 0 Å². The first-order valence-corrected chi connectivity index (χ1v) is 5.13. The van der Waals surface area contributed by atoms with Gasteiger partial charge < -0.3 is 5.32 Å². The third-order valence-corrected chi connectivity index (χ3v) is 2.69. The van der Waals surface area contributed by atoms with Crippen molar-refractivity contribution in [1.29, 1.82) is 0 Å². The molecule has 1 aromatic carbocycles. The largest absolute Gasteiger partial charge is 0.375 e. The first-order valence-electron chi connectivity index (χ1n) is 4.75. The lowest BCUT2D eigenvalue weighted by Gasteiger charge is -2.29. The van der Waals surface area contributed by atoms with Gasteiger partial charge in [-0.3, -0.25) is 0 Å². The van der Waals surface area contributed by atoms with E-state index in [-0.39, 0.29) is 5.54 Å². The van der Waals surface area contributed by atoms with E-state index in [2.05, 4.69) is 44.3 Å². The predicted molar refractivity (Wildman–Crippen MR) is 62.9 cm³/mol. The minimum Gasteiger partial charge on any atom is -0.375 e. The molecule has 1 aromatic rings. The molecular formula is C12H14ClN. The van der Waals surface area contributed by atoms with Gasteiger partial charge in [0.05, 0.1) is 16.2 Å². The summed E-state index contributed by atoms with van der Waals surface area (Å²) < 4.78 is 0. The molecule has 0 amide bonds. The van der Waals surface area contributed by atoms with E-state index >= 15 is 0 Å². The molecule has 14 heavy (non-hydrogen) atoms. The highest BCUT2D eigenvalue weighted by atomic mass is 35.5. The van der Waals surface area contributed by atoms with Crippen molar-refractivity contribution < 1.29 is 0 Å². The molecule has 2 rings (SSSR count). The summed E-state index contributed by atoms with van der Waals surface area (Å²) in [4.78, 5) is 0. The second-order valence-corrected chi connectivity index (χ2v) is 4.80. The van der Waals surface area contributed by atoms with E-state index in [9.17, 15) is 0 Å². The Morgan fingerprint density at radius 2 is 2.00 bits per heavy atom. The average Bonchev–Trinajstić information content (AvgIpc) is 2.06. The van der Waals surface area contributed by atoms with Crippen LogP contribution in [0.4, 0.5) is 5.69 Å². The van der Waals surface area contributed by atoms with Gasteiger partial charge in [0.2, 0.25) is 0 Å². The van der Waals surface area contributed by atoms with E-state index in [0.717, 1.165) is 10.7 Å². The van der Waals surface area contributed by atoms with Gasteiger partial charge >= 0.3 is 0 Å². The lowest BCUT2D eigenvalue weighted by atomic mass is 9.96. The summed E-state index contributed by atoms with van der Waals surface area (Å²) in [5, 5.41) is 4.22. The van der Waals surface area contributed by atoms with Gasteiger partial charge in [-0.1, -0.05) is 23.8 Å². The maximum absolute atomic E-state index is 6.18. The molecule has 0 aromatic heterocycles. The normalized spacial score (nSPS) is 17.4. The molecule has 0 saturated heterocycles. The molecule has 0 spiro atoms. The topological polar surface area (TPSA) is 12.0 Å². The molecule has 0 atom stereocenters. The maximum atomic E-state index is 6.18. The van der Waals surface area contributed by atoms with Crippen LogP contribution < -0.4 is 5.32 Å². The van der Waals surface area contributed by atoms with Gasteiger partial charge in [0, 0.05) is 0 Å². The molecule has 0 saturated carbocycles. The molecule has 0 bridgehead atoms. The molecule has 1 aliphatic heterocycles. The molecule has 2 heteroatoms. The van der Waals surface area contributed by atoms with Crippen molar-refractivity contribution in [2.45, 2.75) is 26.3 Å². The lowest BCUT2D eigenvalue weighted by Crippen LogP contribution is -2.30. The van der Waals surface area contributed by atoms with Crippen molar-refractivity contribution in [3.63, 3.8) is 0 Å². The third-order valence-electron chi connectivity index (χ3n) is 2.39. The molecule has 74 valence electrons. The fraction of sp³-hybridized carbons (Fsp3) is 0.333. The molecule has 0 radical (unpaired) electrons. The van der Waals surface area contributed by atoms with Crippen LogP contribution in [0.1, 0.15) is 25.0 Å². The van der Waals surface area contributed by atoms with Crippen LogP contribution in [0.2, 0.25) is 5.02 Å². The highest BCUT2D eigenvalue weighted by molar-refractivity contribution is 6.33. The van der Waals surface area contributed by atoms with Crippen LogP contribution in [-0.4, -0.2) is 5.54 Å². The van der Waals surface area contributed by atoms with Gasteiger partial charge in [-0.15, -0.1) is 0 Å². The number of rotatable bonds is 0. The lowest BCUT2D eigenvalue weighted by molar-refractivity contribution is 0.711. The van der Waals surface area contributed by atoms with Crippen molar-refractivity contribution in [3.8, 4) is 0 Å². The highest BCUT2D eigenvalue weighted by Crippen LogP contribution is 2.34. The van der Waals surface area contributed by atoms with E-state index in [1.54, 1.807) is 0 Å². The number of nitrogens with one attached hydrogen (secondary N) is 1. The molecule has 0 unspecified atom stereocenters. The molecule has 0 fully saturated rings. The average molecular weight is 208 g/mol. The number of hydrogen-bond donors (Lipinski definition) is 1. The summed E-state index contributed by atoms with van der Waals surface area (Å²) in [5.74, 6) is 0. The van der Waals surface area contributed by atoms with Gasteiger partial charge in [0.1, 0.15) is 0 Å². The van der Waals surface area contributed by atoms with Crippen LogP contribution in [0, 0.1) is 6.92 Å². The van der Waals surface area contributed by atoms with Crippen LogP contribution in [-0.2, 0) is 0 Å². The molecule has 0 aliphatic carbocycles. The Labute approximate surface area is 89.8 Å². The summed E-state index contributed by atoms with van der Waals surface area (Å²) in [6.45, 7) is 6.31. The second kappa shape index (κ2) is 3.03. The fourth-order valence-corrected chi connectivity index (χ4v) is 2.02. The number of benzene rings is 1. The quantitative estimate of drug-likeness (QED) is 0.681. The summed E-state index contributed by atoms with van der Waals surface area (Å²) in [5.41, 5.74) is 3.41. The molecule has 1 heterocycles. The van der Waals surface area contributed by atoms with Gasteiger partial charge in [-0.25, -0.2) is 0 Å². The number of aryl methyl sites for hydroxylation is 1. The summed E-state index contributed by atoms with van der Waals surface area (Å²) >= 11 is 6.18. The van der Waals surface area contributed by atoms with E-state index in [0.29, 0.717) is 0 Å². The fourth-order valence-electron chi connectivity index (χ4n) is 1.69. The standard InChI is InChI=1S/C12H14ClN/c1-8-6-9-4-5-12(2,3)14-11(9)10(13)7-8/h4-7,14H,1-3H3. The Morgan fingerprint density at radius 3 is 2.71 bits per heavy atom. The number of anilines is 1. The summed E-state index contributed by atoms with van der Waals surface area (Å²) in [6.07, 6.45) is 4.29.